The van der Waals surface area contributed by atoms with E-state index in [1.165, 1.54) is 74.9 Å². The van der Waals surface area contributed by atoms with Gasteiger partial charge in [-0.3, -0.25) is 0 Å². The molecule has 0 aromatic carbocycles. The van der Waals surface area contributed by atoms with Crippen molar-refractivity contribution in [1.82, 2.24) is 0 Å². The van der Waals surface area contributed by atoms with Gasteiger partial charge in [0, 0.05) is 12.8 Å². The highest BCUT2D eigenvalue weighted by Crippen LogP contribution is 2.24. The van der Waals surface area contributed by atoms with E-state index in [9.17, 15) is 0 Å². The largest absolute Gasteiger partial charge is 0.466 e. The second kappa shape index (κ2) is 6.12. The SMILES string of the molecule is CCCCCc1cc2c(o1)CCCCCC2. The molecule has 1 aromatic heterocycles. The van der Waals surface area contributed by atoms with Crippen LogP contribution >= 0.6 is 0 Å². The Kier molecular flexibility index (Phi) is 4.50. The normalized spacial score (nSPS) is 16.6. The summed E-state index contributed by atoms with van der Waals surface area (Å²) in [6.07, 6.45) is 12.9. The summed E-state index contributed by atoms with van der Waals surface area (Å²) in [5.41, 5.74) is 1.51. The van der Waals surface area contributed by atoms with Gasteiger partial charge in [-0.2, -0.15) is 0 Å². The summed E-state index contributed by atoms with van der Waals surface area (Å²) in [6.45, 7) is 2.25. The Labute approximate surface area is 99.2 Å². The Hall–Kier alpha value is -0.720. The van der Waals surface area contributed by atoms with Gasteiger partial charge in [-0.15, -0.1) is 0 Å². The highest BCUT2D eigenvalue weighted by molar-refractivity contribution is 5.22. The smallest absolute Gasteiger partial charge is 0.107 e. The predicted molar refractivity (Wildman–Crippen MR) is 67.8 cm³/mol. The predicted octanol–water partition coefficient (Wildman–Crippen LogP) is 4.67. The van der Waals surface area contributed by atoms with Crippen LogP contribution in [-0.2, 0) is 19.3 Å². The number of hydrogen-bond acceptors (Lipinski definition) is 1. The van der Waals surface area contributed by atoms with E-state index in [1.807, 2.05) is 0 Å². The minimum Gasteiger partial charge on any atom is -0.466 e. The molecule has 1 heteroatoms. The van der Waals surface area contributed by atoms with E-state index >= 15 is 0 Å². The van der Waals surface area contributed by atoms with Crippen LogP contribution in [0, 0.1) is 0 Å². The standard InChI is InChI=1S/C15H24O/c1-2-3-6-10-14-12-13-9-7-4-5-8-11-15(13)16-14/h12H,2-11H2,1H3. The molecule has 0 spiro atoms. The maximum Gasteiger partial charge on any atom is 0.107 e. The molecule has 0 amide bonds. The van der Waals surface area contributed by atoms with Gasteiger partial charge in [0.25, 0.3) is 0 Å². The molecule has 1 nitrogen and oxygen atoms in total. The molecule has 0 saturated heterocycles. The molecule has 0 bridgehead atoms. The Balaban J connectivity index is 1.97. The van der Waals surface area contributed by atoms with Gasteiger partial charge in [0.1, 0.15) is 11.5 Å². The first kappa shape index (κ1) is 11.8. The van der Waals surface area contributed by atoms with Crippen molar-refractivity contribution in [3.63, 3.8) is 0 Å². The fourth-order valence-electron chi connectivity index (χ4n) is 2.58. The summed E-state index contributed by atoms with van der Waals surface area (Å²) >= 11 is 0. The van der Waals surface area contributed by atoms with E-state index in [0.29, 0.717) is 0 Å². The van der Waals surface area contributed by atoms with E-state index in [1.54, 1.807) is 0 Å². The van der Waals surface area contributed by atoms with Gasteiger partial charge >= 0.3 is 0 Å². The zero-order valence-electron chi connectivity index (χ0n) is 10.6. The number of fused-ring (bicyclic) bond motifs is 1. The van der Waals surface area contributed by atoms with Crippen molar-refractivity contribution in [2.45, 2.75) is 71.1 Å². The van der Waals surface area contributed by atoms with Gasteiger partial charge in [-0.05, 0) is 37.3 Å². The molecule has 90 valence electrons. The third-order valence-corrected chi connectivity index (χ3v) is 3.57. The second-order valence-corrected chi connectivity index (χ2v) is 5.03. The van der Waals surface area contributed by atoms with Gasteiger partial charge in [0.05, 0.1) is 0 Å². The van der Waals surface area contributed by atoms with Gasteiger partial charge in [0.15, 0.2) is 0 Å². The lowest BCUT2D eigenvalue weighted by molar-refractivity contribution is 0.439. The van der Waals surface area contributed by atoms with Crippen molar-refractivity contribution in [2.24, 2.45) is 0 Å². The molecular weight excluding hydrogens is 196 g/mol. The van der Waals surface area contributed by atoms with Gasteiger partial charge in [0.2, 0.25) is 0 Å². The first-order chi connectivity index (χ1) is 7.90. The van der Waals surface area contributed by atoms with Crippen LogP contribution in [0.1, 0.15) is 69.0 Å². The van der Waals surface area contributed by atoms with Crippen LogP contribution < -0.4 is 0 Å². The molecule has 0 fully saturated rings. The summed E-state index contributed by atoms with van der Waals surface area (Å²) in [7, 11) is 0. The second-order valence-electron chi connectivity index (χ2n) is 5.03. The Morgan fingerprint density at radius 2 is 1.88 bits per heavy atom. The number of rotatable bonds is 4. The Morgan fingerprint density at radius 1 is 1.06 bits per heavy atom. The average molecular weight is 220 g/mol. The van der Waals surface area contributed by atoms with Crippen LogP contribution in [0.4, 0.5) is 0 Å². The lowest BCUT2D eigenvalue weighted by Crippen LogP contribution is -1.95. The van der Waals surface area contributed by atoms with Crippen molar-refractivity contribution < 1.29 is 4.42 Å². The van der Waals surface area contributed by atoms with E-state index in [0.717, 1.165) is 6.42 Å². The molecular formula is C15H24O. The number of aryl methyl sites for hydroxylation is 3. The summed E-state index contributed by atoms with van der Waals surface area (Å²) < 4.78 is 5.99. The average Bonchev–Trinajstić information content (AvgIpc) is 2.61. The number of unbranched alkanes of at least 4 members (excludes halogenated alkanes) is 2. The summed E-state index contributed by atoms with van der Waals surface area (Å²) in [6, 6.07) is 2.33. The van der Waals surface area contributed by atoms with Crippen LogP contribution in [0.2, 0.25) is 0 Å². The fraction of sp³-hybridized carbons (Fsp3) is 0.733. The van der Waals surface area contributed by atoms with Crippen LogP contribution in [-0.4, -0.2) is 0 Å². The molecule has 1 aliphatic rings. The molecule has 0 atom stereocenters. The monoisotopic (exact) mass is 220 g/mol. The summed E-state index contributed by atoms with van der Waals surface area (Å²) in [5, 5.41) is 0. The van der Waals surface area contributed by atoms with Crippen molar-refractivity contribution in [2.75, 3.05) is 0 Å². The van der Waals surface area contributed by atoms with Crippen LogP contribution in [0.15, 0.2) is 10.5 Å². The Morgan fingerprint density at radius 3 is 2.69 bits per heavy atom. The van der Waals surface area contributed by atoms with Crippen LogP contribution in [0.25, 0.3) is 0 Å². The number of hydrogen-bond donors (Lipinski definition) is 0. The summed E-state index contributed by atoms with van der Waals surface area (Å²) in [5.74, 6) is 2.53. The van der Waals surface area contributed by atoms with E-state index < -0.39 is 0 Å². The van der Waals surface area contributed by atoms with E-state index in [4.69, 9.17) is 4.42 Å². The zero-order chi connectivity index (χ0) is 11.2. The van der Waals surface area contributed by atoms with E-state index in [-0.39, 0.29) is 0 Å². The highest BCUT2D eigenvalue weighted by Gasteiger charge is 2.12. The van der Waals surface area contributed by atoms with Crippen LogP contribution in [0.3, 0.4) is 0 Å². The van der Waals surface area contributed by atoms with Crippen molar-refractivity contribution in [3.8, 4) is 0 Å². The van der Waals surface area contributed by atoms with Gasteiger partial charge in [-0.25, -0.2) is 0 Å². The molecule has 16 heavy (non-hydrogen) atoms. The minimum atomic E-state index is 1.14. The lowest BCUT2D eigenvalue weighted by atomic mass is 9.99. The molecule has 0 aliphatic heterocycles. The zero-order valence-corrected chi connectivity index (χ0v) is 10.6. The number of furan rings is 1. The first-order valence-corrected chi connectivity index (χ1v) is 7.00. The quantitative estimate of drug-likeness (QED) is 0.672. The van der Waals surface area contributed by atoms with Crippen molar-refractivity contribution >= 4 is 0 Å². The highest BCUT2D eigenvalue weighted by atomic mass is 16.3. The van der Waals surface area contributed by atoms with Crippen LogP contribution in [0.5, 0.6) is 0 Å². The topological polar surface area (TPSA) is 13.1 Å². The molecule has 0 unspecified atom stereocenters. The minimum absolute atomic E-state index is 1.14. The van der Waals surface area contributed by atoms with Gasteiger partial charge in [-0.1, -0.05) is 32.6 Å². The van der Waals surface area contributed by atoms with E-state index in [2.05, 4.69) is 13.0 Å². The molecule has 0 radical (unpaired) electrons. The molecule has 0 N–H and O–H groups in total. The molecule has 1 aliphatic carbocycles. The Bertz CT molecular complexity index is 286. The summed E-state index contributed by atoms with van der Waals surface area (Å²) in [4.78, 5) is 0. The van der Waals surface area contributed by atoms with Crippen molar-refractivity contribution in [3.05, 3.63) is 23.2 Å². The molecule has 2 rings (SSSR count). The fourth-order valence-corrected chi connectivity index (χ4v) is 2.58. The van der Waals surface area contributed by atoms with Crippen molar-refractivity contribution in [1.29, 1.82) is 0 Å². The molecule has 1 heterocycles. The lowest BCUT2D eigenvalue weighted by Gasteiger charge is -2.06. The maximum absolute atomic E-state index is 5.99. The maximum atomic E-state index is 5.99. The first-order valence-electron chi connectivity index (χ1n) is 7.00. The molecule has 0 saturated carbocycles. The third-order valence-electron chi connectivity index (χ3n) is 3.57. The molecule has 1 aromatic rings. The van der Waals surface area contributed by atoms with Gasteiger partial charge < -0.3 is 4.42 Å². The third kappa shape index (κ3) is 3.13.